The monoisotopic (exact) mass is 263 g/mol. The second-order valence-corrected chi connectivity index (χ2v) is 6.08. The maximum Gasteiger partial charge on any atom is 0.122 e. The lowest BCUT2D eigenvalue weighted by atomic mass is 9.91. The van der Waals surface area contributed by atoms with Crippen LogP contribution in [-0.4, -0.2) is 11.6 Å². The molecule has 0 fully saturated rings. The molecular formula is C15H21NOS. The summed E-state index contributed by atoms with van der Waals surface area (Å²) in [5.74, 6) is 1.01. The van der Waals surface area contributed by atoms with Gasteiger partial charge in [-0.2, -0.15) is 0 Å². The van der Waals surface area contributed by atoms with Crippen LogP contribution in [0.15, 0.2) is 18.2 Å². The van der Waals surface area contributed by atoms with Crippen LogP contribution in [0.3, 0.4) is 0 Å². The minimum atomic E-state index is -0.257. The first-order chi connectivity index (χ1) is 8.50. The van der Waals surface area contributed by atoms with Crippen molar-refractivity contribution in [2.45, 2.75) is 39.5 Å². The van der Waals surface area contributed by atoms with E-state index >= 15 is 0 Å². The van der Waals surface area contributed by atoms with Gasteiger partial charge in [0.2, 0.25) is 0 Å². The van der Waals surface area contributed by atoms with E-state index in [1.54, 1.807) is 0 Å². The van der Waals surface area contributed by atoms with E-state index < -0.39 is 0 Å². The van der Waals surface area contributed by atoms with Crippen LogP contribution < -0.4 is 10.5 Å². The van der Waals surface area contributed by atoms with Crippen LogP contribution in [0.1, 0.15) is 37.8 Å². The van der Waals surface area contributed by atoms with Gasteiger partial charge in [-0.3, -0.25) is 0 Å². The molecule has 2 nitrogen and oxygen atoms in total. The zero-order chi connectivity index (χ0) is 13.2. The van der Waals surface area contributed by atoms with E-state index in [0.29, 0.717) is 11.6 Å². The number of aryl methyl sites for hydroxylation is 1. The van der Waals surface area contributed by atoms with Crippen molar-refractivity contribution in [2.75, 3.05) is 6.61 Å². The maximum absolute atomic E-state index is 5.96. The minimum absolute atomic E-state index is 0.257. The molecule has 0 amide bonds. The van der Waals surface area contributed by atoms with Crippen molar-refractivity contribution < 1.29 is 4.74 Å². The van der Waals surface area contributed by atoms with Crippen molar-refractivity contribution in [1.29, 1.82) is 0 Å². The van der Waals surface area contributed by atoms with Gasteiger partial charge in [0.1, 0.15) is 5.75 Å². The SMILES string of the molecule is CC(C)(COc1cccc2c1CCCC2)C(N)=S. The highest BCUT2D eigenvalue weighted by atomic mass is 32.1. The highest BCUT2D eigenvalue weighted by Crippen LogP contribution is 2.30. The Morgan fingerprint density at radius 2 is 2.06 bits per heavy atom. The number of rotatable bonds is 4. The molecule has 0 atom stereocenters. The number of fused-ring (bicyclic) bond motifs is 1. The molecule has 0 spiro atoms. The van der Waals surface area contributed by atoms with Crippen LogP contribution in [0.25, 0.3) is 0 Å². The predicted octanol–water partition coefficient (Wildman–Crippen LogP) is 3.26. The van der Waals surface area contributed by atoms with E-state index in [4.69, 9.17) is 22.7 Å². The topological polar surface area (TPSA) is 35.2 Å². The smallest absolute Gasteiger partial charge is 0.122 e. The number of hydrogen-bond donors (Lipinski definition) is 1. The Kier molecular flexibility index (Phi) is 3.91. The third-order valence-corrected chi connectivity index (χ3v) is 4.16. The van der Waals surface area contributed by atoms with Crippen molar-refractivity contribution in [3.05, 3.63) is 29.3 Å². The summed E-state index contributed by atoms with van der Waals surface area (Å²) >= 11 is 5.07. The molecule has 2 rings (SSSR count). The largest absolute Gasteiger partial charge is 0.492 e. The number of ether oxygens (including phenoxy) is 1. The predicted molar refractivity (Wildman–Crippen MR) is 79.1 cm³/mol. The van der Waals surface area contributed by atoms with Crippen molar-refractivity contribution in [3.63, 3.8) is 0 Å². The fraction of sp³-hybridized carbons (Fsp3) is 0.533. The van der Waals surface area contributed by atoms with Crippen LogP contribution >= 0.6 is 12.2 Å². The second-order valence-electron chi connectivity index (χ2n) is 5.64. The number of benzene rings is 1. The highest BCUT2D eigenvalue weighted by molar-refractivity contribution is 7.80. The summed E-state index contributed by atoms with van der Waals surface area (Å²) in [5.41, 5.74) is 8.28. The molecule has 2 N–H and O–H groups in total. The lowest BCUT2D eigenvalue weighted by Gasteiger charge is -2.25. The molecule has 1 aliphatic carbocycles. The number of nitrogens with two attached hydrogens (primary N) is 1. The summed E-state index contributed by atoms with van der Waals surface area (Å²) in [6.07, 6.45) is 4.84. The van der Waals surface area contributed by atoms with Gasteiger partial charge in [0.25, 0.3) is 0 Å². The normalized spacial score (nSPS) is 15.0. The molecule has 18 heavy (non-hydrogen) atoms. The molecule has 0 aliphatic heterocycles. The molecule has 0 saturated carbocycles. The van der Waals surface area contributed by atoms with Gasteiger partial charge in [0, 0.05) is 5.41 Å². The van der Waals surface area contributed by atoms with E-state index in [0.717, 1.165) is 12.2 Å². The van der Waals surface area contributed by atoms with Crippen LogP contribution in [0.5, 0.6) is 5.75 Å². The van der Waals surface area contributed by atoms with Gasteiger partial charge in [-0.25, -0.2) is 0 Å². The van der Waals surface area contributed by atoms with Crippen LogP contribution in [0.4, 0.5) is 0 Å². The highest BCUT2D eigenvalue weighted by Gasteiger charge is 2.23. The minimum Gasteiger partial charge on any atom is -0.492 e. The van der Waals surface area contributed by atoms with Crippen LogP contribution in [-0.2, 0) is 12.8 Å². The second kappa shape index (κ2) is 5.27. The molecule has 1 aliphatic rings. The zero-order valence-electron chi connectivity index (χ0n) is 11.2. The summed E-state index contributed by atoms with van der Waals surface area (Å²) < 4.78 is 5.96. The summed E-state index contributed by atoms with van der Waals surface area (Å²) in [6.45, 7) is 4.58. The molecule has 0 bridgehead atoms. The van der Waals surface area contributed by atoms with E-state index in [-0.39, 0.29) is 5.41 Å². The molecule has 0 unspecified atom stereocenters. The third-order valence-electron chi connectivity index (χ3n) is 3.61. The molecule has 0 saturated heterocycles. The molecule has 0 aromatic heterocycles. The Balaban J connectivity index is 2.13. The summed E-state index contributed by atoms with van der Waals surface area (Å²) in [5, 5.41) is 0. The van der Waals surface area contributed by atoms with Crippen LogP contribution in [0, 0.1) is 5.41 Å². The Morgan fingerprint density at radius 3 is 2.78 bits per heavy atom. The fourth-order valence-corrected chi connectivity index (χ4v) is 2.27. The Hall–Kier alpha value is -1.09. The molecule has 98 valence electrons. The Labute approximate surface area is 115 Å². The molecule has 3 heteroatoms. The van der Waals surface area contributed by atoms with Crippen molar-refractivity contribution in [1.82, 2.24) is 0 Å². The number of hydrogen-bond acceptors (Lipinski definition) is 2. The van der Waals surface area contributed by atoms with E-state index in [1.165, 1.54) is 30.4 Å². The van der Waals surface area contributed by atoms with Gasteiger partial charge < -0.3 is 10.5 Å². The average molecular weight is 263 g/mol. The van der Waals surface area contributed by atoms with Gasteiger partial charge in [-0.15, -0.1) is 0 Å². The summed E-state index contributed by atoms with van der Waals surface area (Å²) in [6, 6.07) is 6.34. The first-order valence-electron chi connectivity index (χ1n) is 6.54. The summed E-state index contributed by atoms with van der Waals surface area (Å²) in [4.78, 5) is 0.507. The van der Waals surface area contributed by atoms with Crippen molar-refractivity contribution in [3.8, 4) is 5.75 Å². The van der Waals surface area contributed by atoms with Crippen molar-refractivity contribution >= 4 is 17.2 Å². The zero-order valence-corrected chi connectivity index (χ0v) is 12.0. The van der Waals surface area contributed by atoms with Gasteiger partial charge in [-0.05, 0) is 42.9 Å². The fourth-order valence-electron chi connectivity index (χ4n) is 2.21. The molecular weight excluding hydrogens is 242 g/mol. The van der Waals surface area contributed by atoms with Crippen LogP contribution in [0.2, 0.25) is 0 Å². The first kappa shape index (κ1) is 13.3. The van der Waals surface area contributed by atoms with Gasteiger partial charge in [0.05, 0.1) is 11.6 Å². The van der Waals surface area contributed by atoms with Gasteiger partial charge in [-0.1, -0.05) is 38.2 Å². The van der Waals surface area contributed by atoms with E-state index in [2.05, 4.69) is 18.2 Å². The average Bonchev–Trinajstić information content (AvgIpc) is 2.36. The maximum atomic E-state index is 5.96. The molecule has 1 aromatic carbocycles. The van der Waals surface area contributed by atoms with E-state index in [1.807, 2.05) is 13.8 Å². The third kappa shape index (κ3) is 2.83. The lowest BCUT2D eigenvalue weighted by Crippen LogP contribution is -2.35. The molecule has 0 radical (unpaired) electrons. The Morgan fingerprint density at radius 1 is 1.33 bits per heavy atom. The lowest BCUT2D eigenvalue weighted by molar-refractivity contribution is 0.234. The quantitative estimate of drug-likeness (QED) is 0.847. The standard InChI is InChI=1S/C15H21NOS/c1-15(2,14(16)18)10-17-13-9-5-7-11-6-3-4-8-12(11)13/h5,7,9H,3-4,6,8,10H2,1-2H3,(H2,16,18). The Bertz CT molecular complexity index is 454. The first-order valence-corrected chi connectivity index (χ1v) is 6.95. The number of thiocarbonyl (C=S) groups is 1. The summed E-state index contributed by atoms with van der Waals surface area (Å²) in [7, 11) is 0. The van der Waals surface area contributed by atoms with Crippen molar-refractivity contribution in [2.24, 2.45) is 11.1 Å². The van der Waals surface area contributed by atoms with E-state index in [9.17, 15) is 0 Å². The van der Waals surface area contributed by atoms with Gasteiger partial charge >= 0.3 is 0 Å². The molecule has 1 aromatic rings. The molecule has 0 heterocycles. The van der Waals surface area contributed by atoms with Gasteiger partial charge in [0.15, 0.2) is 0 Å².